The number of nitrogens with zero attached hydrogens (tertiary/aromatic N) is 3. The van der Waals surface area contributed by atoms with E-state index < -0.39 is 6.10 Å². The molecule has 1 aromatic heterocycles. The van der Waals surface area contributed by atoms with Gasteiger partial charge in [-0.2, -0.15) is 5.10 Å². The number of carbonyl (C=O) groups excluding carboxylic acids is 1. The topological polar surface area (TPSA) is 70.4 Å². The van der Waals surface area contributed by atoms with Crippen LogP contribution in [-0.4, -0.2) is 51.4 Å². The monoisotopic (exact) mass is 358 g/mol. The zero-order valence-electron chi connectivity index (χ0n) is 14.5. The number of carbonyl (C=O) groups is 1. The van der Waals surface area contributed by atoms with Gasteiger partial charge in [0.2, 0.25) is 5.91 Å². The van der Waals surface area contributed by atoms with E-state index in [4.69, 9.17) is 0 Å². The largest absolute Gasteiger partial charge is 0.391 e. The number of hydrogen-bond acceptors (Lipinski definition) is 4. The van der Waals surface area contributed by atoms with Gasteiger partial charge in [-0.15, -0.1) is 0 Å². The van der Waals surface area contributed by atoms with Crippen LogP contribution in [0, 0.1) is 17.7 Å². The summed E-state index contributed by atoms with van der Waals surface area (Å²) in [5.74, 6) is 0.471. The molecule has 1 saturated carbocycles. The summed E-state index contributed by atoms with van der Waals surface area (Å²) in [7, 11) is 0. The lowest BCUT2D eigenvalue weighted by molar-refractivity contribution is -0.128. The number of aliphatic hydroxyl groups is 1. The fourth-order valence-electron chi connectivity index (χ4n) is 4.23. The van der Waals surface area contributed by atoms with E-state index in [1.54, 1.807) is 18.3 Å². The van der Waals surface area contributed by atoms with Crippen LogP contribution in [0.5, 0.6) is 0 Å². The van der Waals surface area contributed by atoms with Gasteiger partial charge >= 0.3 is 0 Å². The lowest BCUT2D eigenvalue weighted by Gasteiger charge is -2.35. The fraction of sp³-hybridized carbons (Fsp3) is 0.474. The van der Waals surface area contributed by atoms with E-state index in [0.717, 1.165) is 18.7 Å². The lowest BCUT2D eigenvalue weighted by atomic mass is 9.77. The highest BCUT2D eigenvalue weighted by Crippen LogP contribution is 2.41. The standard InChI is InChI=1S/C19H23FN4O2/c20-15-2-4-16(5-3-15)21-10-19(26)23-11-13-8-17(24-7-1-6-22-24)18(25)9-14(13)12-23/h1-7,13-14,17-18,21,25H,8-12H2/t13-,14+,17-,18-/m1/s1. The number of hydrogen-bond donors (Lipinski definition) is 2. The first kappa shape index (κ1) is 17.0. The molecule has 2 aliphatic rings. The Morgan fingerprint density at radius 2 is 1.96 bits per heavy atom. The summed E-state index contributed by atoms with van der Waals surface area (Å²) in [5, 5.41) is 17.8. The SMILES string of the molecule is O=C(CNc1ccc(F)cc1)N1C[C@H]2C[C@@H](n3cccn3)[C@H](O)C[C@H]2C1. The molecule has 1 saturated heterocycles. The first-order valence-electron chi connectivity index (χ1n) is 9.04. The Balaban J connectivity index is 1.34. The molecule has 0 bridgehead atoms. The van der Waals surface area contributed by atoms with E-state index in [1.165, 1.54) is 12.1 Å². The zero-order valence-corrected chi connectivity index (χ0v) is 14.5. The predicted molar refractivity (Wildman–Crippen MR) is 95.0 cm³/mol. The predicted octanol–water partition coefficient (Wildman–Crippen LogP) is 1.90. The van der Waals surface area contributed by atoms with Crippen LogP contribution >= 0.6 is 0 Å². The summed E-state index contributed by atoms with van der Waals surface area (Å²) < 4.78 is 14.8. The second-order valence-corrected chi connectivity index (χ2v) is 7.27. The van der Waals surface area contributed by atoms with Gasteiger partial charge in [-0.05, 0) is 55.0 Å². The van der Waals surface area contributed by atoms with Crippen molar-refractivity contribution >= 4 is 11.6 Å². The highest BCUT2D eigenvalue weighted by atomic mass is 19.1. The average Bonchev–Trinajstić information content (AvgIpc) is 3.29. The molecule has 4 atom stereocenters. The highest BCUT2D eigenvalue weighted by molar-refractivity contribution is 5.81. The number of fused-ring (bicyclic) bond motifs is 1. The summed E-state index contributed by atoms with van der Waals surface area (Å²) in [6.45, 7) is 1.60. The van der Waals surface area contributed by atoms with Crippen LogP contribution in [0.2, 0.25) is 0 Å². The second kappa shape index (κ2) is 7.07. The minimum absolute atomic E-state index is 0.0151. The molecular weight excluding hydrogens is 335 g/mol. The molecule has 6 nitrogen and oxygen atoms in total. The third-order valence-corrected chi connectivity index (χ3v) is 5.61. The molecule has 2 N–H and O–H groups in total. The van der Waals surface area contributed by atoms with Gasteiger partial charge in [-0.1, -0.05) is 0 Å². The first-order chi connectivity index (χ1) is 12.6. The lowest BCUT2D eigenvalue weighted by Crippen LogP contribution is -2.36. The number of anilines is 1. The van der Waals surface area contributed by atoms with Gasteiger partial charge in [-0.25, -0.2) is 4.39 Å². The van der Waals surface area contributed by atoms with Crippen molar-refractivity contribution in [3.8, 4) is 0 Å². The van der Waals surface area contributed by atoms with Gasteiger partial charge in [-0.3, -0.25) is 9.48 Å². The summed E-state index contributed by atoms with van der Waals surface area (Å²) in [6.07, 6.45) is 4.72. The molecular formula is C19H23FN4O2. The maximum Gasteiger partial charge on any atom is 0.241 e. The van der Waals surface area contributed by atoms with Crippen LogP contribution in [0.1, 0.15) is 18.9 Å². The van der Waals surface area contributed by atoms with E-state index in [2.05, 4.69) is 10.4 Å². The minimum Gasteiger partial charge on any atom is -0.391 e. The quantitative estimate of drug-likeness (QED) is 0.876. The summed E-state index contributed by atoms with van der Waals surface area (Å²) in [5.41, 5.74) is 0.727. The number of amides is 1. The normalized spacial score (nSPS) is 28.0. The average molecular weight is 358 g/mol. The molecule has 0 spiro atoms. The molecule has 2 heterocycles. The Morgan fingerprint density at radius 3 is 2.65 bits per heavy atom. The molecule has 1 aromatic carbocycles. The molecule has 4 rings (SSSR count). The molecule has 2 aromatic rings. The third kappa shape index (κ3) is 3.44. The van der Waals surface area contributed by atoms with Crippen LogP contribution in [0.25, 0.3) is 0 Å². The molecule has 138 valence electrons. The van der Waals surface area contributed by atoms with E-state index in [0.29, 0.717) is 24.8 Å². The van der Waals surface area contributed by atoms with Gasteiger partial charge in [0.05, 0.1) is 18.7 Å². The zero-order chi connectivity index (χ0) is 18.1. The Kier molecular flexibility index (Phi) is 4.63. The molecule has 1 amide bonds. The Hall–Kier alpha value is -2.41. The Bertz CT molecular complexity index is 749. The number of nitrogens with one attached hydrogen (secondary N) is 1. The second-order valence-electron chi connectivity index (χ2n) is 7.27. The van der Waals surface area contributed by atoms with Crippen LogP contribution in [0.4, 0.5) is 10.1 Å². The molecule has 0 unspecified atom stereocenters. The number of likely N-dealkylation sites (tertiary alicyclic amines) is 1. The Morgan fingerprint density at radius 1 is 1.23 bits per heavy atom. The fourth-order valence-corrected chi connectivity index (χ4v) is 4.23. The number of rotatable bonds is 4. The number of halogens is 1. The van der Waals surface area contributed by atoms with Crippen LogP contribution in [-0.2, 0) is 4.79 Å². The van der Waals surface area contributed by atoms with Crippen molar-refractivity contribution in [2.75, 3.05) is 25.0 Å². The summed E-state index contributed by atoms with van der Waals surface area (Å²) >= 11 is 0. The summed E-state index contributed by atoms with van der Waals surface area (Å²) in [6, 6.07) is 7.83. The maximum atomic E-state index is 12.9. The van der Waals surface area contributed by atoms with Gasteiger partial charge in [0.1, 0.15) is 5.82 Å². The molecule has 2 fully saturated rings. The van der Waals surface area contributed by atoms with Crippen LogP contribution in [0.3, 0.4) is 0 Å². The molecule has 7 heteroatoms. The molecule has 26 heavy (non-hydrogen) atoms. The molecule has 0 radical (unpaired) electrons. The number of benzene rings is 1. The van der Waals surface area contributed by atoms with Crippen molar-refractivity contribution in [3.05, 3.63) is 48.5 Å². The highest BCUT2D eigenvalue weighted by Gasteiger charge is 2.43. The molecule has 1 aliphatic heterocycles. The van der Waals surface area contributed by atoms with Gasteiger partial charge in [0.25, 0.3) is 0 Å². The van der Waals surface area contributed by atoms with Gasteiger partial charge in [0.15, 0.2) is 0 Å². The van der Waals surface area contributed by atoms with E-state index in [1.807, 2.05) is 21.8 Å². The van der Waals surface area contributed by atoms with Crippen molar-refractivity contribution in [2.24, 2.45) is 11.8 Å². The van der Waals surface area contributed by atoms with Gasteiger partial charge < -0.3 is 15.3 Å². The first-order valence-corrected chi connectivity index (χ1v) is 9.04. The van der Waals surface area contributed by atoms with Crippen molar-refractivity contribution in [2.45, 2.75) is 25.0 Å². The minimum atomic E-state index is -0.427. The van der Waals surface area contributed by atoms with Crippen molar-refractivity contribution in [1.29, 1.82) is 0 Å². The van der Waals surface area contributed by atoms with E-state index in [9.17, 15) is 14.3 Å². The maximum absolute atomic E-state index is 12.9. The van der Waals surface area contributed by atoms with Crippen molar-refractivity contribution in [1.82, 2.24) is 14.7 Å². The van der Waals surface area contributed by atoms with E-state index >= 15 is 0 Å². The third-order valence-electron chi connectivity index (χ3n) is 5.61. The molecule has 1 aliphatic carbocycles. The smallest absolute Gasteiger partial charge is 0.241 e. The number of aromatic nitrogens is 2. The summed E-state index contributed by atoms with van der Waals surface area (Å²) in [4.78, 5) is 14.4. The van der Waals surface area contributed by atoms with E-state index in [-0.39, 0.29) is 24.3 Å². The number of aliphatic hydroxyl groups excluding tert-OH is 1. The van der Waals surface area contributed by atoms with Crippen LogP contribution in [0.15, 0.2) is 42.7 Å². The van der Waals surface area contributed by atoms with Crippen LogP contribution < -0.4 is 5.32 Å². The Labute approximate surface area is 151 Å². The van der Waals surface area contributed by atoms with Gasteiger partial charge in [0, 0.05) is 31.2 Å². The van der Waals surface area contributed by atoms with Crippen molar-refractivity contribution in [3.63, 3.8) is 0 Å². The van der Waals surface area contributed by atoms with Crippen molar-refractivity contribution < 1.29 is 14.3 Å².